The van der Waals surface area contributed by atoms with E-state index in [4.69, 9.17) is 0 Å². The molecule has 0 aliphatic carbocycles. The molecule has 0 aliphatic rings. The standard InChI is InChI=1S/C26H55N/c1-4-7-9-11-13-15-17-19-21-23-26-27(24-6-3)25-22-20-18-16-14-12-10-8-5-2/h4-26H2,1-3H3. The van der Waals surface area contributed by atoms with Crippen molar-refractivity contribution in [3.8, 4) is 0 Å². The molecule has 164 valence electrons. The minimum absolute atomic E-state index is 1.31. The molecule has 0 aromatic carbocycles. The predicted octanol–water partition coefficient (Wildman–Crippen LogP) is 9.15. The number of hydrogen-bond donors (Lipinski definition) is 0. The molecule has 0 heterocycles. The summed E-state index contributed by atoms with van der Waals surface area (Å²) < 4.78 is 0. The minimum Gasteiger partial charge on any atom is -0.303 e. The van der Waals surface area contributed by atoms with Crippen LogP contribution >= 0.6 is 0 Å². The van der Waals surface area contributed by atoms with Gasteiger partial charge in [0.05, 0.1) is 0 Å². The summed E-state index contributed by atoms with van der Waals surface area (Å²) >= 11 is 0. The third kappa shape index (κ3) is 22.1. The lowest BCUT2D eigenvalue weighted by atomic mass is 10.1. The molecule has 0 aliphatic heterocycles. The molecular weight excluding hydrogens is 326 g/mol. The highest BCUT2D eigenvalue weighted by Crippen LogP contribution is 2.12. The van der Waals surface area contributed by atoms with E-state index in [9.17, 15) is 0 Å². The van der Waals surface area contributed by atoms with Crippen LogP contribution in [0.4, 0.5) is 0 Å². The average molecular weight is 382 g/mol. The van der Waals surface area contributed by atoms with Gasteiger partial charge in [0.2, 0.25) is 0 Å². The zero-order valence-electron chi connectivity index (χ0n) is 19.7. The summed E-state index contributed by atoms with van der Waals surface area (Å²) in [5.74, 6) is 0. The van der Waals surface area contributed by atoms with E-state index in [0.717, 1.165) is 0 Å². The van der Waals surface area contributed by atoms with Gasteiger partial charge in [-0.05, 0) is 38.9 Å². The third-order valence-electron chi connectivity index (χ3n) is 5.95. The van der Waals surface area contributed by atoms with Crippen molar-refractivity contribution in [2.75, 3.05) is 19.6 Å². The van der Waals surface area contributed by atoms with Gasteiger partial charge in [0.25, 0.3) is 0 Å². The summed E-state index contributed by atoms with van der Waals surface area (Å²) in [7, 11) is 0. The van der Waals surface area contributed by atoms with Crippen LogP contribution in [0.5, 0.6) is 0 Å². The van der Waals surface area contributed by atoms with E-state index < -0.39 is 0 Å². The highest BCUT2D eigenvalue weighted by atomic mass is 15.1. The monoisotopic (exact) mass is 381 g/mol. The molecule has 0 rings (SSSR count). The number of unbranched alkanes of at least 4 members (excludes halogenated alkanes) is 17. The van der Waals surface area contributed by atoms with E-state index in [0.29, 0.717) is 0 Å². The van der Waals surface area contributed by atoms with E-state index >= 15 is 0 Å². The molecule has 1 nitrogen and oxygen atoms in total. The van der Waals surface area contributed by atoms with Gasteiger partial charge in [-0.2, -0.15) is 0 Å². The highest BCUT2D eigenvalue weighted by Gasteiger charge is 2.03. The molecule has 0 amide bonds. The molecule has 0 aromatic rings. The topological polar surface area (TPSA) is 3.24 Å². The van der Waals surface area contributed by atoms with Crippen molar-refractivity contribution < 1.29 is 0 Å². The fourth-order valence-electron chi connectivity index (χ4n) is 4.12. The molecule has 0 N–H and O–H groups in total. The number of nitrogens with zero attached hydrogens (tertiary/aromatic N) is 1. The Balaban J connectivity index is 3.41. The SMILES string of the molecule is CCCCCCCCCCCCN(CCC)CCCCCCCCCCC. The smallest absolute Gasteiger partial charge is 0.00187 e. The van der Waals surface area contributed by atoms with Crippen LogP contribution in [0, 0.1) is 0 Å². The first-order chi connectivity index (χ1) is 13.3. The molecular formula is C26H55N. The van der Waals surface area contributed by atoms with Crippen LogP contribution in [0.25, 0.3) is 0 Å². The van der Waals surface area contributed by atoms with Gasteiger partial charge < -0.3 is 4.90 Å². The Morgan fingerprint density at radius 3 is 0.889 bits per heavy atom. The Bertz CT molecular complexity index is 251. The van der Waals surface area contributed by atoms with Crippen LogP contribution in [0.2, 0.25) is 0 Å². The van der Waals surface area contributed by atoms with E-state index in [1.807, 2.05) is 0 Å². The third-order valence-corrected chi connectivity index (χ3v) is 5.95. The lowest BCUT2D eigenvalue weighted by Crippen LogP contribution is -2.27. The van der Waals surface area contributed by atoms with Crippen LogP contribution in [0.1, 0.15) is 149 Å². The van der Waals surface area contributed by atoms with Crippen molar-refractivity contribution >= 4 is 0 Å². The van der Waals surface area contributed by atoms with Crippen molar-refractivity contribution in [2.24, 2.45) is 0 Å². The van der Waals surface area contributed by atoms with Gasteiger partial charge in [-0.15, -0.1) is 0 Å². The molecule has 0 fully saturated rings. The molecule has 27 heavy (non-hydrogen) atoms. The molecule has 0 spiro atoms. The van der Waals surface area contributed by atoms with Crippen LogP contribution in [-0.2, 0) is 0 Å². The molecule has 0 atom stereocenters. The highest BCUT2D eigenvalue weighted by molar-refractivity contribution is 4.59. The Kier molecular flexibility index (Phi) is 24.0. The zero-order chi connectivity index (χ0) is 19.8. The Morgan fingerprint density at radius 2 is 0.593 bits per heavy atom. The van der Waals surface area contributed by atoms with Gasteiger partial charge in [-0.1, -0.05) is 130 Å². The van der Waals surface area contributed by atoms with E-state index in [2.05, 4.69) is 25.7 Å². The largest absolute Gasteiger partial charge is 0.303 e. The second-order valence-corrected chi connectivity index (χ2v) is 8.85. The maximum absolute atomic E-state index is 2.74. The van der Waals surface area contributed by atoms with Gasteiger partial charge in [0.1, 0.15) is 0 Å². The first-order valence-corrected chi connectivity index (χ1v) is 13.1. The summed E-state index contributed by atoms with van der Waals surface area (Å²) in [6.07, 6.45) is 28.8. The summed E-state index contributed by atoms with van der Waals surface area (Å²) in [5, 5.41) is 0. The first-order valence-electron chi connectivity index (χ1n) is 13.1. The fourth-order valence-corrected chi connectivity index (χ4v) is 4.12. The molecule has 0 aromatic heterocycles. The van der Waals surface area contributed by atoms with E-state index in [1.165, 1.54) is 148 Å². The molecule has 0 saturated carbocycles. The fraction of sp³-hybridized carbons (Fsp3) is 1.00. The average Bonchev–Trinajstić information content (AvgIpc) is 2.68. The predicted molar refractivity (Wildman–Crippen MR) is 126 cm³/mol. The van der Waals surface area contributed by atoms with Crippen molar-refractivity contribution in [2.45, 2.75) is 149 Å². The normalized spacial score (nSPS) is 11.6. The Labute approximate surface area is 174 Å². The van der Waals surface area contributed by atoms with E-state index in [-0.39, 0.29) is 0 Å². The second-order valence-electron chi connectivity index (χ2n) is 8.85. The van der Waals surface area contributed by atoms with Gasteiger partial charge in [-0.25, -0.2) is 0 Å². The number of hydrogen-bond acceptors (Lipinski definition) is 1. The summed E-state index contributed by atoms with van der Waals surface area (Å²) in [5.41, 5.74) is 0. The van der Waals surface area contributed by atoms with Crippen LogP contribution in [0.3, 0.4) is 0 Å². The molecule has 0 unspecified atom stereocenters. The van der Waals surface area contributed by atoms with Crippen LogP contribution < -0.4 is 0 Å². The van der Waals surface area contributed by atoms with Gasteiger partial charge >= 0.3 is 0 Å². The molecule has 1 heteroatoms. The Hall–Kier alpha value is -0.0400. The summed E-state index contributed by atoms with van der Waals surface area (Å²) in [6, 6.07) is 0. The lowest BCUT2D eigenvalue weighted by Gasteiger charge is -2.21. The van der Waals surface area contributed by atoms with E-state index in [1.54, 1.807) is 0 Å². The molecule has 0 radical (unpaired) electrons. The summed E-state index contributed by atoms with van der Waals surface area (Å²) in [4.78, 5) is 2.74. The zero-order valence-corrected chi connectivity index (χ0v) is 19.7. The second kappa shape index (κ2) is 24.0. The maximum Gasteiger partial charge on any atom is -0.00187 e. The van der Waals surface area contributed by atoms with Crippen molar-refractivity contribution in [1.82, 2.24) is 4.90 Å². The molecule has 0 bridgehead atoms. The van der Waals surface area contributed by atoms with Crippen LogP contribution in [0.15, 0.2) is 0 Å². The lowest BCUT2D eigenvalue weighted by molar-refractivity contribution is 0.260. The summed E-state index contributed by atoms with van der Waals surface area (Å²) in [6.45, 7) is 11.0. The maximum atomic E-state index is 2.74. The van der Waals surface area contributed by atoms with Crippen molar-refractivity contribution in [1.29, 1.82) is 0 Å². The molecule has 0 saturated heterocycles. The van der Waals surface area contributed by atoms with Crippen LogP contribution in [-0.4, -0.2) is 24.5 Å². The first kappa shape index (κ1) is 27.0. The quantitative estimate of drug-likeness (QED) is 0.159. The van der Waals surface area contributed by atoms with Gasteiger partial charge in [0, 0.05) is 0 Å². The minimum atomic E-state index is 1.31. The van der Waals surface area contributed by atoms with Gasteiger partial charge in [0.15, 0.2) is 0 Å². The van der Waals surface area contributed by atoms with Crippen molar-refractivity contribution in [3.63, 3.8) is 0 Å². The van der Waals surface area contributed by atoms with Crippen molar-refractivity contribution in [3.05, 3.63) is 0 Å². The number of rotatable bonds is 23. The van der Waals surface area contributed by atoms with Gasteiger partial charge in [-0.3, -0.25) is 0 Å². The Morgan fingerprint density at radius 1 is 0.296 bits per heavy atom.